The van der Waals surface area contributed by atoms with E-state index < -0.39 is 17.5 Å². The van der Waals surface area contributed by atoms with Gasteiger partial charge in [0, 0.05) is 5.41 Å². The molecule has 0 aromatic rings. The Kier molecular flexibility index (Phi) is 5.82. The number of hydrogen-bond acceptors (Lipinski definition) is 3. The van der Waals surface area contributed by atoms with Crippen molar-refractivity contribution in [3.8, 4) is 0 Å². The van der Waals surface area contributed by atoms with E-state index >= 15 is 0 Å². The molecule has 1 amide bonds. The smallest absolute Gasteiger partial charge is 0.237 e. The van der Waals surface area contributed by atoms with E-state index in [1.54, 1.807) is 6.92 Å². The molecule has 17 heavy (non-hydrogen) atoms. The predicted octanol–water partition coefficient (Wildman–Crippen LogP) is 1.48. The Balaban J connectivity index is 4.35. The molecule has 0 spiro atoms. The molecule has 0 radical (unpaired) electrons. The van der Waals surface area contributed by atoms with E-state index in [9.17, 15) is 9.59 Å². The van der Waals surface area contributed by atoms with Crippen molar-refractivity contribution in [2.24, 2.45) is 17.1 Å². The number of amides is 1. The van der Waals surface area contributed by atoms with Crippen LogP contribution in [0.4, 0.5) is 0 Å². The first kappa shape index (κ1) is 16.1. The SMILES string of the molecule is CC(C)CC(N)C(=O)NC(C)C(=O)C(C)(C)C. The molecule has 0 aliphatic heterocycles. The van der Waals surface area contributed by atoms with Crippen LogP contribution in [-0.2, 0) is 9.59 Å². The monoisotopic (exact) mass is 242 g/mol. The summed E-state index contributed by atoms with van der Waals surface area (Å²) in [4.78, 5) is 23.6. The molecule has 4 heteroatoms. The highest BCUT2D eigenvalue weighted by Crippen LogP contribution is 2.16. The maximum Gasteiger partial charge on any atom is 0.237 e. The zero-order valence-electron chi connectivity index (χ0n) is 11.8. The van der Waals surface area contributed by atoms with Gasteiger partial charge < -0.3 is 11.1 Å². The molecule has 0 saturated heterocycles. The first-order valence-electron chi connectivity index (χ1n) is 6.16. The Labute approximate surface area is 104 Å². The van der Waals surface area contributed by atoms with E-state index in [0.29, 0.717) is 12.3 Å². The summed E-state index contributed by atoms with van der Waals surface area (Å²) in [5.41, 5.74) is 5.30. The summed E-state index contributed by atoms with van der Waals surface area (Å²) in [6.07, 6.45) is 0.627. The molecule has 2 atom stereocenters. The van der Waals surface area contributed by atoms with Crippen LogP contribution < -0.4 is 11.1 Å². The van der Waals surface area contributed by atoms with Gasteiger partial charge in [-0.2, -0.15) is 0 Å². The van der Waals surface area contributed by atoms with Gasteiger partial charge in [0.25, 0.3) is 0 Å². The lowest BCUT2D eigenvalue weighted by Crippen LogP contribution is -2.49. The highest BCUT2D eigenvalue weighted by Gasteiger charge is 2.28. The molecule has 100 valence electrons. The first-order valence-corrected chi connectivity index (χ1v) is 6.16. The maximum absolute atomic E-state index is 11.9. The second-order valence-corrected chi connectivity index (χ2v) is 6.08. The normalized spacial score (nSPS) is 15.5. The van der Waals surface area contributed by atoms with Crippen LogP contribution in [-0.4, -0.2) is 23.8 Å². The Morgan fingerprint density at radius 1 is 1.18 bits per heavy atom. The third kappa shape index (κ3) is 5.82. The van der Waals surface area contributed by atoms with Gasteiger partial charge in [0.15, 0.2) is 5.78 Å². The van der Waals surface area contributed by atoms with Crippen LogP contribution in [0.3, 0.4) is 0 Å². The molecule has 0 aromatic carbocycles. The minimum atomic E-state index is -0.537. The molecule has 3 N–H and O–H groups in total. The Morgan fingerprint density at radius 3 is 2.00 bits per heavy atom. The highest BCUT2D eigenvalue weighted by molar-refractivity contribution is 5.93. The van der Waals surface area contributed by atoms with E-state index in [1.807, 2.05) is 34.6 Å². The largest absolute Gasteiger partial charge is 0.345 e. The maximum atomic E-state index is 11.9. The molecule has 0 heterocycles. The standard InChI is InChI=1S/C13H26N2O2/c1-8(2)7-10(14)12(17)15-9(3)11(16)13(4,5)6/h8-10H,7,14H2,1-6H3,(H,15,17). The minimum absolute atomic E-state index is 0.0163. The third-order valence-electron chi connectivity index (χ3n) is 2.55. The molecule has 0 saturated carbocycles. The lowest BCUT2D eigenvalue weighted by atomic mass is 9.87. The number of hydrogen-bond donors (Lipinski definition) is 2. The van der Waals surface area contributed by atoms with Gasteiger partial charge in [-0.15, -0.1) is 0 Å². The van der Waals surface area contributed by atoms with E-state index in [1.165, 1.54) is 0 Å². The van der Waals surface area contributed by atoms with Crippen LogP contribution in [0.5, 0.6) is 0 Å². The van der Waals surface area contributed by atoms with Crippen LogP contribution in [0, 0.1) is 11.3 Å². The minimum Gasteiger partial charge on any atom is -0.345 e. The van der Waals surface area contributed by atoms with Gasteiger partial charge in [-0.3, -0.25) is 9.59 Å². The van der Waals surface area contributed by atoms with Crippen molar-refractivity contribution in [1.82, 2.24) is 5.32 Å². The van der Waals surface area contributed by atoms with Crippen LogP contribution >= 0.6 is 0 Å². The second-order valence-electron chi connectivity index (χ2n) is 6.08. The van der Waals surface area contributed by atoms with Crippen molar-refractivity contribution in [3.63, 3.8) is 0 Å². The first-order chi connectivity index (χ1) is 7.55. The summed E-state index contributed by atoms with van der Waals surface area (Å²) >= 11 is 0. The molecule has 0 rings (SSSR count). The molecular formula is C13H26N2O2. The van der Waals surface area contributed by atoms with Crippen molar-refractivity contribution in [2.75, 3.05) is 0 Å². The van der Waals surface area contributed by atoms with Crippen molar-refractivity contribution in [1.29, 1.82) is 0 Å². The van der Waals surface area contributed by atoms with Gasteiger partial charge in [-0.1, -0.05) is 34.6 Å². The number of carbonyl (C=O) groups is 2. The molecule has 0 bridgehead atoms. The number of rotatable bonds is 5. The molecule has 2 unspecified atom stereocenters. The zero-order chi connectivity index (χ0) is 13.8. The Hall–Kier alpha value is -0.900. The quantitative estimate of drug-likeness (QED) is 0.767. The number of carbonyl (C=O) groups excluding carboxylic acids is 2. The van der Waals surface area contributed by atoms with Gasteiger partial charge in [0.1, 0.15) is 0 Å². The van der Waals surface area contributed by atoms with Crippen LogP contribution in [0.25, 0.3) is 0 Å². The van der Waals surface area contributed by atoms with E-state index in [0.717, 1.165) is 0 Å². The van der Waals surface area contributed by atoms with Crippen molar-refractivity contribution in [2.45, 2.75) is 60.0 Å². The van der Waals surface area contributed by atoms with Gasteiger partial charge in [0.05, 0.1) is 12.1 Å². The zero-order valence-corrected chi connectivity index (χ0v) is 11.8. The van der Waals surface area contributed by atoms with E-state index in [2.05, 4.69) is 5.32 Å². The third-order valence-corrected chi connectivity index (χ3v) is 2.55. The number of ketones is 1. The number of nitrogens with two attached hydrogens (primary N) is 1. The highest BCUT2D eigenvalue weighted by atomic mass is 16.2. The topological polar surface area (TPSA) is 72.2 Å². The van der Waals surface area contributed by atoms with Crippen LogP contribution in [0.2, 0.25) is 0 Å². The number of Topliss-reactive ketones (excluding diaryl/α,β-unsaturated/α-hetero) is 1. The van der Waals surface area contributed by atoms with Gasteiger partial charge in [0.2, 0.25) is 5.91 Å². The van der Waals surface area contributed by atoms with Crippen molar-refractivity contribution >= 4 is 11.7 Å². The molecule has 0 fully saturated rings. The number of nitrogens with one attached hydrogen (secondary N) is 1. The summed E-state index contributed by atoms with van der Waals surface area (Å²) in [5, 5.41) is 2.68. The summed E-state index contributed by atoms with van der Waals surface area (Å²) in [6, 6.07) is -1.02. The van der Waals surface area contributed by atoms with Crippen LogP contribution in [0.15, 0.2) is 0 Å². The lowest BCUT2D eigenvalue weighted by Gasteiger charge is -2.24. The fourth-order valence-electron chi connectivity index (χ4n) is 1.65. The summed E-state index contributed by atoms with van der Waals surface area (Å²) in [5.74, 6) is 0.135. The molecule has 0 aliphatic carbocycles. The van der Waals surface area contributed by atoms with Crippen LogP contribution in [0.1, 0.15) is 48.0 Å². The predicted molar refractivity (Wildman–Crippen MR) is 69.5 cm³/mol. The molecular weight excluding hydrogens is 216 g/mol. The molecule has 0 aliphatic rings. The lowest BCUT2D eigenvalue weighted by molar-refractivity contribution is -0.132. The van der Waals surface area contributed by atoms with Gasteiger partial charge >= 0.3 is 0 Å². The van der Waals surface area contributed by atoms with Crippen molar-refractivity contribution in [3.05, 3.63) is 0 Å². The molecule has 0 aromatic heterocycles. The van der Waals surface area contributed by atoms with E-state index in [4.69, 9.17) is 5.73 Å². The fourth-order valence-corrected chi connectivity index (χ4v) is 1.65. The molecule has 4 nitrogen and oxygen atoms in total. The average molecular weight is 242 g/mol. The second kappa shape index (κ2) is 6.15. The average Bonchev–Trinajstić information content (AvgIpc) is 2.13. The Bertz CT molecular complexity index is 280. The summed E-state index contributed by atoms with van der Waals surface area (Å²) < 4.78 is 0. The summed E-state index contributed by atoms with van der Waals surface area (Å²) in [7, 11) is 0. The van der Waals surface area contributed by atoms with E-state index in [-0.39, 0.29) is 11.7 Å². The Morgan fingerprint density at radius 2 is 1.65 bits per heavy atom. The van der Waals surface area contributed by atoms with Gasteiger partial charge in [-0.25, -0.2) is 0 Å². The summed E-state index contributed by atoms with van der Waals surface area (Å²) in [6.45, 7) is 11.2. The fraction of sp³-hybridized carbons (Fsp3) is 0.846. The van der Waals surface area contributed by atoms with Gasteiger partial charge in [-0.05, 0) is 19.3 Å². The van der Waals surface area contributed by atoms with Crippen molar-refractivity contribution < 1.29 is 9.59 Å².